The zero-order valence-corrected chi connectivity index (χ0v) is 16.8. The van der Waals surface area contributed by atoms with Crippen molar-refractivity contribution >= 4 is 0 Å². The van der Waals surface area contributed by atoms with Crippen LogP contribution in [0.3, 0.4) is 0 Å². The van der Waals surface area contributed by atoms with Crippen LogP contribution in [0.25, 0.3) is 11.4 Å². The number of methoxy groups -OCH3 is 1. The molecule has 0 spiro atoms. The lowest BCUT2D eigenvalue weighted by atomic mass is 10.1. The highest BCUT2D eigenvalue weighted by atomic mass is 19.1. The largest absolute Gasteiger partial charge is 0.494 e. The molecule has 0 atom stereocenters. The maximum atomic E-state index is 13.9. The van der Waals surface area contributed by atoms with E-state index in [0.29, 0.717) is 12.5 Å². The van der Waals surface area contributed by atoms with E-state index in [2.05, 4.69) is 32.1 Å². The lowest BCUT2D eigenvalue weighted by molar-refractivity contribution is 0.0929. The molecule has 7 nitrogen and oxygen atoms in total. The van der Waals surface area contributed by atoms with Crippen molar-refractivity contribution in [2.75, 3.05) is 33.3 Å². The van der Waals surface area contributed by atoms with Gasteiger partial charge in [-0.05, 0) is 29.8 Å². The fourth-order valence-corrected chi connectivity index (χ4v) is 3.46. The molecule has 0 radical (unpaired) electrons. The van der Waals surface area contributed by atoms with Crippen LogP contribution in [0.5, 0.6) is 5.75 Å². The second kappa shape index (κ2) is 8.67. The molecule has 1 aliphatic rings. The molecule has 0 aliphatic carbocycles. The Morgan fingerprint density at radius 3 is 2.41 bits per heavy atom. The first-order valence-electron chi connectivity index (χ1n) is 9.73. The number of aromatic nitrogens is 4. The minimum atomic E-state index is -0.315. The number of piperazine rings is 1. The molecule has 0 unspecified atom stereocenters. The topological polar surface area (TPSA) is 59.3 Å². The number of nitrogens with zero attached hydrogens (tertiary/aromatic N) is 6. The summed E-state index contributed by atoms with van der Waals surface area (Å²) in [6, 6.07) is 13.3. The number of aryl methyl sites for hydroxylation is 1. The summed E-state index contributed by atoms with van der Waals surface area (Å²) in [5.74, 6) is 0.611. The van der Waals surface area contributed by atoms with Gasteiger partial charge in [-0.3, -0.25) is 9.80 Å². The first-order chi connectivity index (χ1) is 14.1. The average Bonchev–Trinajstić information content (AvgIpc) is 3.19. The van der Waals surface area contributed by atoms with Gasteiger partial charge >= 0.3 is 0 Å². The predicted octanol–water partition coefficient (Wildman–Crippen LogP) is 2.57. The van der Waals surface area contributed by atoms with Gasteiger partial charge in [0.05, 0.1) is 7.11 Å². The zero-order chi connectivity index (χ0) is 20.2. The molecule has 152 valence electrons. The van der Waals surface area contributed by atoms with Gasteiger partial charge < -0.3 is 4.74 Å². The van der Waals surface area contributed by atoms with Crippen LogP contribution in [0.2, 0.25) is 0 Å². The number of hydrogen-bond donors (Lipinski definition) is 0. The Bertz CT molecular complexity index is 950. The van der Waals surface area contributed by atoms with E-state index in [9.17, 15) is 4.39 Å². The summed E-state index contributed by atoms with van der Waals surface area (Å²) in [5, 5.41) is 12.9. The summed E-state index contributed by atoms with van der Waals surface area (Å²) in [4.78, 5) is 6.26. The third-order valence-electron chi connectivity index (χ3n) is 5.18. The fraction of sp³-hybridized carbons (Fsp3) is 0.381. The third-order valence-corrected chi connectivity index (χ3v) is 5.18. The van der Waals surface area contributed by atoms with E-state index < -0.39 is 0 Å². The van der Waals surface area contributed by atoms with Crippen LogP contribution < -0.4 is 4.74 Å². The number of benzene rings is 2. The van der Waals surface area contributed by atoms with Crippen LogP contribution in [0.1, 0.15) is 11.1 Å². The predicted molar refractivity (Wildman–Crippen MR) is 108 cm³/mol. The molecule has 0 bridgehead atoms. The Morgan fingerprint density at radius 1 is 1.00 bits per heavy atom. The maximum Gasteiger partial charge on any atom is 0.204 e. The van der Waals surface area contributed by atoms with Crippen molar-refractivity contribution in [1.82, 2.24) is 30.0 Å². The highest BCUT2D eigenvalue weighted by molar-refractivity contribution is 5.53. The Balaban J connectivity index is 1.29. The van der Waals surface area contributed by atoms with Gasteiger partial charge in [0.25, 0.3) is 0 Å². The summed E-state index contributed by atoms with van der Waals surface area (Å²) >= 11 is 0. The van der Waals surface area contributed by atoms with Crippen molar-refractivity contribution < 1.29 is 9.13 Å². The molecular formula is C21H25FN6O. The van der Waals surface area contributed by atoms with Crippen LogP contribution in [0.4, 0.5) is 4.39 Å². The molecule has 2 aromatic carbocycles. The van der Waals surface area contributed by atoms with Gasteiger partial charge in [0, 0.05) is 38.3 Å². The van der Waals surface area contributed by atoms with Crippen molar-refractivity contribution in [3.63, 3.8) is 0 Å². The first kappa shape index (κ1) is 19.5. The van der Waals surface area contributed by atoms with Gasteiger partial charge in [-0.15, -0.1) is 15.0 Å². The highest BCUT2D eigenvalue weighted by Crippen LogP contribution is 2.19. The quantitative estimate of drug-likeness (QED) is 0.638. The Kier molecular flexibility index (Phi) is 5.82. The van der Waals surface area contributed by atoms with E-state index in [-0.39, 0.29) is 11.6 Å². The summed E-state index contributed by atoms with van der Waals surface area (Å²) < 4.78 is 18.9. The van der Waals surface area contributed by atoms with Gasteiger partial charge in [-0.1, -0.05) is 35.9 Å². The molecule has 1 aliphatic heterocycles. The van der Waals surface area contributed by atoms with Gasteiger partial charge in [0.2, 0.25) is 5.82 Å². The number of halogens is 1. The van der Waals surface area contributed by atoms with Crippen molar-refractivity contribution in [1.29, 1.82) is 0 Å². The molecule has 1 saturated heterocycles. The summed E-state index contributed by atoms with van der Waals surface area (Å²) in [7, 11) is 1.48. The van der Waals surface area contributed by atoms with Gasteiger partial charge in [0.1, 0.15) is 6.67 Å². The summed E-state index contributed by atoms with van der Waals surface area (Å²) in [6.07, 6.45) is 0. The normalized spacial score (nSPS) is 15.6. The van der Waals surface area contributed by atoms with Crippen molar-refractivity contribution in [3.8, 4) is 17.1 Å². The van der Waals surface area contributed by atoms with Gasteiger partial charge in [-0.25, -0.2) is 4.39 Å². The molecular weight excluding hydrogens is 371 g/mol. The van der Waals surface area contributed by atoms with Crippen molar-refractivity contribution in [3.05, 3.63) is 59.4 Å². The number of ether oxygens (including phenoxy) is 1. The van der Waals surface area contributed by atoms with Crippen LogP contribution in [-0.2, 0) is 13.2 Å². The molecule has 1 aromatic heterocycles. The number of rotatable bonds is 6. The van der Waals surface area contributed by atoms with Crippen LogP contribution in [-0.4, -0.2) is 63.3 Å². The highest BCUT2D eigenvalue weighted by Gasteiger charge is 2.19. The minimum absolute atomic E-state index is 0.281. The minimum Gasteiger partial charge on any atom is -0.494 e. The molecule has 0 amide bonds. The van der Waals surface area contributed by atoms with Crippen molar-refractivity contribution in [2.24, 2.45) is 0 Å². The number of hydrogen-bond acceptors (Lipinski definition) is 6. The molecule has 0 N–H and O–H groups in total. The smallest absolute Gasteiger partial charge is 0.204 e. The van der Waals surface area contributed by atoms with Crippen molar-refractivity contribution in [2.45, 2.75) is 20.1 Å². The van der Waals surface area contributed by atoms with E-state index in [4.69, 9.17) is 4.74 Å². The number of tetrazole rings is 1. The van der Waals surface area contributed by atoms with Gasteiger partial charge in [-0.2, -0.15) is 0 Å². The molecule has 3 aromatic rings. The molecule has 8 heteroatoms. The lowest BCUT2D eigenvalue weighted by Gasteiger charge is -2.34. The standard InChI is InChI=1S/C21H25FN6O/c1-16-3-6-18(7-4-16)21-23-25-28(24-21)15-27-11-9-26(10-12-27)14-17-5-8-20(29-2)19(22)13-17/h3-8,13H,9-12,14-15H2,1-2H3. The van der Waals surface area contributed by atoms with E-state index in [1.54, 1.807) is 16.9 Å². The second-order valence-electron chi connectivity index (χ2n) is 7.36. The van der Waals surface area contributed by atoms with Crippen LogP contribution >= 0.6 is 0 Å². The summed E-state index contributed by atoms with van der Waals surface area (Å²) in [6.45, 7) is 7.02. The maximum absolute atomic E-state index is 13.9. The average molecular weight is 396 g/mol. The van der Waals surface area contributed by atoms with Gasteiger partial charge in [0.15, 0.2) is 11.6 Å². The van der Waals surface area contributed by atoms with Crippen LogP contribution in [0.15, 0.2) is 42.5 Å². The molecule has 1 fully saturated rings. The third kappa shape index (κ3) is 4.78. The monoisotopic (exact) mass is 396 g/mol. The zero-order valence-electron chi connectivity index (χ0n) is 16.8. The van der Waals surface area contributed by atoms with E-state index in [1.165, 1.54) is 12.7 Å². The second-order valence-corrected chi connectivity index (χ2v) is 7.36. The fourth-order valence-electron chi connectivity index (χ4n) is 3.46. The Hall–Kier alpha value is -2.84. The Morgan fingerprint density at radius 2 is 1.72 bits per heavy atom. The lowest BCUT2D eigenvalue weighted by Crippen LogP contribution is -2.46. The molecule has 4 rings (SSSR count). The SMILES string of the molecule is COc1ccc(CN2CCN(Cn3nnc(-c4ccc(C)cc4)n3)CC2)cc1F. The van der Waals surface area contributed by atoms with E-state index in [0.717, 1.165) is 43.9 Å². The van der Waals surface area contributed by atoms with E-state index >= 15 is 0 Å². The summed E-state index contributed by atoms with van der Waals surface area (Å²) in [5.41, 5.74) is 3.13. The molecule has 29 heavy (non-hydrogen) atoms. The first-order valence-corrected chi connectivity index (χ1v) is 9.73. The molecule has 0 saturated carbocycles. The van der Waals surface area contributed by atoms with E-state index in [1.807, 2.05) is 30.3 Å². The molecule has 2 heterocycles. The van der Waals surface area contributed by atoms with Crippen LogP contribution in [0, 0.1) is 12.7 Å². The Labute approximate surface area is 169 Å².